The second-order valence-electron chi connectivity index (χ2n) is 5.14. The Labute approximate surface area is 121 Å². The lowest BCUT2D eigenvalue weighted by atomic mass is 10.1. The lowest BCUT2D eigenvalue weighted by Crippen LogP contribution is -2.47. The minimum absolute atomic E-state index is 0.0417. The Morgan fingerprint density at radius 1 is 1.24 bits per heavy atom. The summed E-state index contributed by atoms with van der Waals surface area (Å²) >= 11 is 0. The number of hydrogen-bond donors (Lipinski definition) is 0. The molecule has 0 spiro atoms. The highest BCUT2D eigenvalue weighted by Crippen LogP contribution is 2.24. The molecule has 21 heavy (non-hydrogen) atoms. The Kier molecular flexibility index (Phi) is 4.50. The molecule has 0 bridgehead atoms. The normalized spacial score (nSPS) is 26.3. The van der Waals surface area contributed by atoms with Gasteiger partial charge in [-0.15, -0.1) is 0 Å². The van der Waals surface area contributed by atoms with Gasteiger partial charge in [0, 0.05) is 19.7 Å². The van der Waals surface area contributed by atoms with E-state index in [2.05, 4.69) is 14.6 Å². The highest BCUT2D eigenvalue weighted by atomic mass is 19.3. The van der Waals surface area contributed by atoms with Gasteiger partial charge in [0.15, 0.2) is 0 Å². The molecule has 0 radical (unpaired) electrons. The van der Waals surface area contributed by atoms with E-state index in [0.29, 0.717) is 13.2 Å². The Bertz CT molecular complexity index is 452. The quantitative estimate of drug-likeness (QED) is 0.851. The van der Waals surface area contributed by atoms with Crippen LogP contribution in [0.1, 0.15) is 12.8 Å². The van der Waals surface area contributed by atoms with Crippen molar-refractivity contribution < 1.29 is 23.0 Å². The van der Waals surface area contributed by atoms with Gasteiger partial charge in [0.05, 0.1) is 18.9 Å². The van der Waals surface area contributed by atoms with Crippen LogP contribution in [-0.4, -0.2) is 50.1 Å². The van der Waals surface area contributed by atoms with Gasteiger partial charge in [-0.3, -0.25) is 0 Å². The first-order valence-corrected chi connectivity index (χ1v) is 7.11. The van der Waals surface area contributed by atoms with Gasteiger partial charge in [0.25, 0.3) is 0 Å². The van der Waals surface area contributed by atoms with Gasteiger partial charge in [0.1, 0.15) is 17.7 Å². The van der Waals surface area contributed by atoms with Crippen molar-refractivity contribution in [2.75, 3.05) is 31.2 Å². The second kappa shape index (κ2) is 6.53. The molecule has 1 aromatic rings. The van der Waals surface area contributed by atoms with Crippen molar-refractivity contribution in [3.8, 4) is 5.75 Å². The molecule has 7 heteroatoms. The van der Waals surface area contributed by atoms with E-state index in [9.17, 15) is 8.78 Å². The summed E-state index contributed by atoms with van der Waals surface area (Å²) in [6, 6.07) is 3.20. The van der Waals surface area contributed by atoms with Crippen LogP contribution in [0.3, 0.4) is 0 Å². The number of pyridine rings is 1. The fourth-order valence-corrected chi connectivity index (χ4v) is 2.74. The summed E-state index contributed by atoms with van der Waals surface area (Å²) in [7, 11) is 0. The molecule has 0 unspecified atom stereocenters. The molecule has 2 fully saturated rings. The van der Waals surface area contributed by atoms with Gasteiger partial charge in [-0.1, -0.05) is 0 Å². The molecule has 116 valence electrons. The summed E-state index contributed by atoms with van der Waals surface area (Å²) in [5.74, 6) is 0.806. The van der Waals surface area contributed by atoms with Crippen LogP contribution in [0.2, 0.25) is 0 Å². The molecule has 2 atom stereocenters. The molecule has 0 aromatic carbocycles. The number of nitrogens with zero attached hydrogens (tertiary/aromatic N) is 2. The Morgan fingerprint density at radius 2 is 2.10 bits per heavy atom. The van der Waals surface area contributed by atoms with Gasteiger partial charge in [-0.05, 0) is 25.0 Å². The van der Waals surface area contributed by atoms with E-state index in [1.165, 1.54) is 12.3 Å². The summed E-state index contributed by atoms with van der Waals surface area (Å²) in [5, 5.41) is 0. The first kappa shape index (κ1) is 14.5. The maximum Gasteiger partial charge on any atom is 0.387 e. The number of anilines is 1. The number of alkyl halides is 2. The van der Waals surface area contributed by atoms with Crippen LogP contribution < -0.4 is 9.64 Å². The Hall–Kier alpha value is -1.47. The fraction of sp³-hybridized carbons (Fsp3) is 0.643. The van der Waals surface area contributed by atoms with Crippen LogP contribution in [-0.2, 0) is 9.47 Å². The zero-order valence-electron chi connectivity index (χ0n) is 11.6. The topological polar surface area (TPSA) is 43.8 Å². The minimum atomic E-state index is -2.83. The number of halogens is 2. The van der Waals surface area contributed by atoms with Crippen molar-refractivity contribution in [1.82, 2.24) is 4.98 Å². The summed E-state index contributed by atoms with van der Waals surface area (Å²) in [5.41, 5.74) is 0. The molecule has 0 amide bonds. The minimum Gasteiger partial charge on any atom is -0.433 e. The third-order valence-electron chi connectivity index (χ3n) is 3.74. The van der Waals surface area contributed by atoms with E-state index in [1.807, 2.05) is 0 Å². The van der Waals surface area contributed by atoms with Gasteiger partial charge in [-0.2, -0.15) is 8.78 Å². The SMILES string of the molecule is FC(F)Oc1ccc(N2CCO[C@H]([C@H]3CCCO3)C2)nc1. The average molecular weight is 300 g/mol. The van der Waals surface area contributed by atoms with Crippen LogP contribution in [0, 0.1) is 0 Å². The molecular formula is C14H18F2N2O3. The van der Waals surface area contributed by atoms with Gasteiger partial charge >= 0.3 is 6.61 Å². The third-order valence-corrected chi connectivity index (χ3v) is 3.74. The van der Waals surface area contributed by atoms with E-state index < -0.39 is 6.61 Å². The molecule has 3 rings (SSSR count). The lowest BCUT2D eigenvalue weighted by Gasteiger charge is -2.36. The van der Waals surface area contributed by atoms with Crippen LogP contribution in [0.15, 0.2) is 18.3 Å². The van der Waals surface area contributed by atoms with E-state index in [4.69, 9.17) is 9.47 Å². The summed E-state index contributed by atoms with van der Waals surface area (Å²) in [6.07, 6.45) is 3.60. The molecule has 2 aliphatic heterocycles. The molecule has 1 aromatic heterocycles. The van der Waals surface area contributed by atoms with Crippen LogP contribution in [0.4, 0.5) is 14.6 Å². The number of ether oxygens (including phenoxy) is 3. The molecule has 0 saturated carbocycles. The predicted molar refractivity (Wildman–Crippen MR) is 71.8 cm³/mol. The summed E-state index contributed by atoms with van der Waals surface area (Å²) in [6.45, 7) is 0.00647. The highest BCUT2D eigenvalue weighted by molar-refractivity contribution is 5.41. The van der Waals surface area contributed by atoms with Crippen molar-refractivity contribution in [1.29, 1.82) is 0 Å². The molecule has 2 saturated heterocycles. The molecular weight excluding hydrogens is 282 g/mol. The average Bonchev–Trinajstić information content (AvgIpc) is 3.02. The maximum absolute atomic E-state index is 12.1. The first-order chi connectivity index (χ1) is 10.2. The lowest BCUT2D eigenvalue weighted by molar-refractivity contribution is -0.0545. The highest BCUT2D eigenvalue weighted by Gasteiger charge is 2.31. The molecule has 0 N–H and O–H groups in total. The third kappa shape index (κ3) is 3.59. The second-order valence-corrected chi connectivity index (χ2v) is 5.14. The van der Waals surface area contributed by atoms with E-state index in [0.717, 1.165) is 31.8 Å². The smallest absolute Gasteiger partial charge is 0.387 e. The zero-order chi connectivity index (χ0) is 14.7. The summed E-state index contributed by atoms with van der Waals surface area (Å²) < 4.78 is 40.0. The Morgan fingerprint density at radius 3 is 2.76 bits per heavy atom. The number of aromatic nitrogens is 1. The first-order valence-electron chi connectivity index (χ1n) is 7.11. The predicted octanol–water partition coefficient (Wildman–Crippen LogP) is 2.07. The van der Waals surface area contributed by atoms with Gasteiger partial charge in [-0.25, -0.2) is 4.98 Å². The van der Waals surface area contributed by atoms with Crippen molar-refractivity contribution in [2.45, 2.75) is 31.7 Å². The van der Waals surface area contributed by atoms with Crippen molar-refractivity contribution >= 4 is 5.82 Å². The van der Waals surface area contributed by atoms with Crippen molar-refractivity contribution in [2.24, 2.45) is 0 Å². The van der Waals surface area contributed by atoms with Crippen molar-refractivity contribution in [3.63, 3.8) is 0 Å². The van der Waals surface area contributed by atoms with Crippen LogP contribution in [0.5, 0.6) is 5.75 Å². The molecule has 3 heterocycles. The largest absolute Gasteiger partial charge is 0.433 e. The van der Waals surface area contributed by atoms with Crippen LogP contribution in [0.25, 0.3) is 0 Å². The maximum atomic E-state index is 12.1. The van der Waals surface area contributed by atoms with Crippen LogP contribution >= 0.6 is 0 Å². The van der Waals surface area contributed by atoms with E-state index >= 15 is 0 Å². The Balaban J connectivity index is 1.62. The zero-order valence-corrected chi connectivity index (χ0v) is 11.6. The molecule has 2 aliphatic rings. The standard InChI is InChI=1S/C14H18F2N2O3/c15-14(16)21-10-3-4-13(17-8-10)18-5-7-20-12(9-18)11-2-1-6-19-11/h3-4,8,11-12,14H,1-2,5-7,9H2/t11-,12+/m1/s1. The fourth-order valence-electron chi connectivity index (χ4n) is 2.74. The molecule has 0 aliphatic carbocycles. The monoisotopic (exact) mass is 300 g/mol. The molecule has 5 nitrogen and oxygen atoms in total. The number of hydrogen-bond acceptors (Lipinski definition) is 5. The van der Waals surface area contributed by atoms with E-state index in [-0.39, 0.29) is 18.0 Å². The van der Waals surface area contributed by atoms with Crippen molar-refractivity contribution in [3.05, 3.63) is 18.3 Å². The summed E-state index contributed by atoms with van der Waals surface area (Å²) in [4.78, 5) is 6.27. The van der Waals surface area contributed by atoms with E-state index in [1.54, 1.807) is 6.07 Å². The number of morpholine rings is 1. The van der Waals surface area contributed by atoms with Gasteiger partial charge < -0.3 is 19.1 Å². The number of rotatable bonds is 4. The van der Waals surface area contributed by atoms with Gasteiger partial charge in [0.2, 0.25) is 0 Å².